The van der Waals surface area contributed by atoms with E-state index >= 15 is 4.39 Å². The van der Waals surface area contributed by atoms with Crippen LogP contribution in [0.1, 0.15) is 69.1 Å². The average Bonchev–Trinajstić information content (AvgIpc) is 3.55. The van der Waals surface area contributed by atoms with Crippen molar-refractivity contribution in [1.29, 1.82) is 0 Å². The number of carbonyl (C=O) groups excluding carboxylic acids is 1. The summed E-state index contributed by atoms with van der Waals surface area (Å²) in [5.74, 6) is 0.00895. The second kappa shape index (κ2) is 13.0. The van der Waals surface area contributed by atoms with Crippen molar-refractivity contribution >= 4 is 29.1 Å². The first-order valence-electron chi connectivity index (χ1n) is 14.1. The van der Waals surface area contributed by atoms with Gasteiger partial charge in [-0.15, -0.1) is 0 Å². The molecule has 0 saturated carbocycles. The van der Waals surface area contributed by atoms with Crippen molar-refractivity contribution in [3.8, 4) is 0 Å². The van der Waals surface area contributed by atoms with E-state index in [1.807, 2.05) is 48.7 Å². The molecule has 2 N–H and O–H groups in total. The number of benzene rings is 2. The van der Waals surface area contributed by atoms with Crippen LogP contribution in [0.3, 0.4) is 0 Å². The van der Waals surface area contributed by atoms with Crippen molar-refractivity contribution in [3.63, 3.8) is 0 Å². The third-order valence-corrected chi connectivity index (χ3v) is 8.37. The number of hydrogen-bond donors (Lipinski definition) is 2. The number of imidazole rings is 1. The molecule has 1 aliphatic carbocycles. The Morgan fingerprint density at radius 1 is 1.00 bits per heavy atom. The van der Waals surface area contributed by atoms with Gasteiger partial charge in [-0.1, -0.05) is 71.7 Å². The van der Waals surface area contributed by atoms with Gasteiger partial charge >= 0.3 is 0 Å². The molecule has 3 heterocycles. The summed E-state index contributed by atoms with van der Waals surface area (Å²) in [6.45, 7) is 0.817. The first kappa shape index (κ1) is 29.0. The first-order valence-corrected chi connectivity index (χ1v) is 14.8. The Hall–Kier alpha value is -4.11. The Labute approximate surface area is 259 Å². The zero-order valence-corrected chi connectivity index (χ0v) is 24.7. The maximum absolute atomic E-state index is 15.4. The number of H-pyrrole nitrogens is 1. The lowest BCUT2D eigenvalue weighted by Gasteiger charge is -2.40. The highest BCUT2D eigenvalue weighted by molar-refractivity contribution is 6.39. The highest BCUT2D eigenvalue weighted by Gasteiger charge is 2.36. The second-order valence-corrected chi connectivity index (χ2v) is 11.3. The summed E-state index contributed by atoms with van der Waals surface area (Å²) < 4.78 is 15.4. The van der Waals surface area contributed by atoms with E-state index in [1.54, 1.807) is 18.5 Å². The number of halogens is 3. The Balaban J connectivity index is 1.30. The van der Waals surface area contributed by atoms with Gasteiger partial charge in [-0.3, -0.25) is 19.7 Å². The standard InChI is InChI=1S/C33H29Cl2FN6O/c34-25-18-37-19-26(35)29(25)33(43)41-17-21-10-12-22(13-11-21)20-42(28-9-3-5-23-6-4-14-38-30(23)28)31(32-39-15-16-40-32)24-7-1-2-8-27(24)36/h1-2,4,6-8,10-16,18-19,28,31H,3,5,9,17,20H2,(H,39,40)(H,41,43). The van der Waals surface area contributed by atoms with Crippen molar-refractivity contribution in [2.75, 3.05) is 0 Å². The van der Waals surface area contributed by atoms with Crippen molar-refractivity contribution in [3.05, 3.63) is 147 Å². The largest absolute Gasteiger partial charge is 0.348 e. The van der Waals surface area contributed by atoms with Gasteiger partial charge in [-0.05, 0) is 48.1 Å². The molecule has 0 saturated heterocycles. The van der Waals surface area contributed by atoms with Crippen molar-refractivity contribution in [1.82, 2.24) is 30.2 Å². The molecule has 43 heavy (non-hydrogen) atoms. The maximum Gasteiger partial charge on any atom is 0.254 e. The predicted molar refractivity (Wildman–Crippen MR) is 164 cm³/mol. The normalized spacial score (nSPS) is 15.2. The lowest BCUT2D eigenvalue weighted by molar-refractivity contribution is 0.0951. The quantitative estimate of drug-likeness (QED) is 0.183. The first-order chi connectivity index (χ1) is 21.0. The number of aryl methyl sites for hydroxylation is 1. The SMILES string of the molecule is O=C(NCc1ccc(CN(C2CCCc3cccnc32)C(c2ncc[nH]2)c2ccccc2F)cc1)c1c(Cl)cncc1Cl. The van der Waals surface area contributed by atoms with Gasteiger partial charge in [-0.25, -0.2) is 9.37 Å². The molecule has 0 aliphatic heterocycles. The Morgan fingerprint density at radius 2 is 1.77 bits per heavy atom. The molecule has 2 aromatic carbocycles. The second-order valence-electron chi connectivity index (χ2n) is 10.5. The molecule has 1 amide bonds. The van der Waals surface area contributed by atoms with Gasteiger partial charge in [0.2, 0.25) is 0 Å². The Bertz CT molecular complexity index is 1690. The Kier molecular flexibility index (Phi) is 8.79. The lowest BCUT2D eigenvalue weighted by atomic mass is 9.88. The molecule has 1 aliphatic rings. The molecule has 0 spiro atoms. The number of nitrogens with zero attached hydrogens (tertiary/aromatic N) is 4. The number of hydrogen-bond acceptors (Lipinski definition) is 5. The third kappa shape index (κ3) is 6.32. The lowest BCUT2D eigenvalue weighted by Crippen LogP contribution is -2.36. The van der Waals surface area contributed by atoms with Crippen LogP contribution in [-0.2, 0) is 19.5 Å². The summed E-state index contributed by atoms with van der Waals surface area (Å²) in [5.41, 5.74) is 4.93. The van der Waals surface area contributed by atoms with E-state index in [0.29, 0.717) is 24.5 Å². The van der Waals surface area contributed by atoms with Crippen LogP contribution in [0.15, 0.2) is 91.6 Å². The van der Waals surface area contributed by atoms with Gasteiger partial charge in [0.25, 0.3) is 5.91 Å². The molecule has 2 atom stereocenters. The molecule has 0 fully saturated rings. The van der Waals surface area contributed by atoms with E-state index in [2.05, 4.69) is 31.2 Å². The van der Waals surface area contributed by atoms with Crippen molar-refractivity contribution < 1.29 is 9.18 Å². The number of aromatic amines is 1. The topological polar surface area (TPSA) is 86.8 Å². The molecule has 2 unspecified atom stereocenters. The molecule has 7 nitrogen and oxygen atoms in total. The highest BCUT2D eigenvalue weighted by Crippen LogP contribution is 2.41. The zero-order valence-electron chi connectivity index (χ0n) is 23.2. The van der Waals surface area contributed by atoms with Crippen LogP contribution < -0.4 is 5.32 Å². The van der Waals surface area contributed by atoms with Crippen LogP contribution in [0, 0.1) is 5.82 Å². The predicted octanol–water partition coefficient (Wildman–Crippen LogP) is 7.24. The van der Waals surface area contributed by atoms with Gasteiger partial charge in [0, 0.05) is 49.6 Å². The zero-order chi connectivity index (χ0) is 29.8. The molecule has 0 bridgehead atoms. The molecular weight excluding hydrogens is 586 g/mol. The summed E-state index contributed by atoms with van der Waals surface area (Å²) in [4.78, 5) is 31.6. The van der Waals surface area contributed by atoms with Gasteiger partial charge < -0.3 is 10.3 Å². The van der Waals surface area contributed by atoms with E-state index in [4.69, 9.17) is 28.2 Å². The van der Waals surface area contributed by atoms with E-state index < -0.39 is 6.04 Å². The van der Waals surface area contributed by atoms with Gasteiger partial charge in [0.15, 0.2) is 0 Å². The fourth-order valence-electron chi connectivity index (χ4n) is 5.77. The minimum atomic E-state index is -0.469. The number of carbonyl (C=O) groups is 1. The fraction of sp³-hybridized carbons (Fsp3) is 0.212. The van der Waals surface area contributed by atoms with Crippen LogP contribution in [0.25, 0.3) is 0 Å². The minimum absolute atomic E-state index is 0.0477. The number of rotatable bonds is 9. The van der Waals surface area contributed by atoms with Crippen LogP contribution in [0.2, 0.25) is 10.0 Å². The maximum atomic E-state index is 15.4. The summed E-state index contributed by atoms with van der Waals surface area (Å²) in [6.07, 6.45) is 10.9. The summed E-state index contributed by atoms with van der Waals surface area (Å²) in [6, 6.07) is 18.5. The average molecular weight is 616 g/mol. The molecule has 0 radical (unpaired) electrons. The Morgan fingerprint density at radius 3 is 2.51 bits per heavy atom. The van der Waals surface area contributed by atoms with Crippen molar-refractivity contribution in [2.45, 2.75) is 44.4 Å². The molecule has 6 rings (SSSR count). The number of pyridine rings is 2. The fourth-order valence-corrected chi connectivity index (χ4v) is 6.30. The minimum Gasteiger partial charge on any atom is -0.348 e. The summed E-state index contributed by atoms with van der Waals surface area (Å²) >= 11 is 12.3. The van der Waals surface area contributed by atoms with Crippen LogP contribution in [0.5, 0.6) is 0 Å². The summed E-state index contributed by atoms with van der Waals surface area (Å²) in [5, 5.41) is 3.27. The molecule has 5 aromatic rings. The molecule has 10 heteroatoms. The van der Waals surface area contributed by atoms with Crippen molar-refractivity contribution in [2.24, 2.45) is 0 Å². The summed E-state index contributed by atoms with van der Waals surface area (Å²) in [7, 11) is 0. The molecule has 3 aromatic heterocycles. The number of amides is 1. The number of fused-ring (bicyclic) bond motifs is 1. The third-order valence-electron chi connectivity index (χ3n) is 7.80. The molecule has 218 valence electrons. The van der Waals surface area contributed by atoms with Crippen LogP contribution >= 0.6 is 23.2 Å². The van der Waals surface area contributed by atoms with Crippen LogP contribution in [0.4, 0.5) is 4.39 Å². The van der Waals surface area contributed by atoms with E-state index in [9.17, 15) is 4.79 Å². The number of nitrogens with one attached hydrogen (secondary N) is 2. The van der Waals surface area contributed by atoms with E-state index in [1.165, 1.54) is 24.0 Å². The smallest absolute Gasteiger partial charge is 0.254 e. The van der Waals surface area contributed by atoms with E-state index in [-0.39, 0.29) is 33.4 Å². The van der Waals surface area contributed by atoms with Gasteiger partial charge in [-0.2, -0.15) is 0 Å². The molecular formula is C33H29Cl2FN6O. The highest BCUT2D eigenvalue weighted by atomic mass is 35.5. The van der Waals surface area contributed by atoms with Crippen LogP contribution in [-0.4, -0.2) is 30.7 Å². The van der Waals surface area contributed by atoms with Gasteiger partial charge in [0.05, 0.1) is 33.4 Å². The van der Waals surface area contributed by atoms with E-state index in [0.717, 1.165) is 36.1 Å². The van der Waals surface area contributed by atoms with Gasteiger partial charge in [0.1, 0.15) is 11.6 Å². The number of aromatic nitrogens is 4. The monoisotopic (exact) mass is 614 g/mol.